The number of halogens is 1. The Bertz CT molecular complexity index is 733. The molecule has 0 saturated carbocycles. The Morgan fingerprint density at radius 3 is 2.61 bits per heavy atom. The van der Waals surface area contributed by atoms with Crippen LogP contribution >= 0.6 is 15.9 Å². The van der Waals surface area contributed by atoms with Gasteiger partial charge in [-0.2, -0.15) is 0 Å². The number of benzene rings is 2. The van der Waals surface area contributed by atoms with Crippen molar-refractivity contribution in [1.29, 1.82) is 0 Å². The maximum atomic E-state index is 12.7. The van der Waals surface area contributed by atoms with E-state index in [0.29, 0.717) is 0 Å². The number of hydrogen-bond donors (Lipinski definition) is 1. The molecule has 2 amide bonds. The molecule has 5 heteroatoms. The predicted octanol–water partition coefficient (Wildman–Crippen LogP) is 3.61. The zero-order valence-corrected chi connectivity index (χ0v) is 14.3. The summed E-state index contributed by atoms with van der Waals surface area (Å²) in [4.78, 5) is 26.5. The Morgan fingerprint density at radius 2 is 1.91 bits per heavy atom. The normalized spacial score (nSPS) is 20.6. The van der Waals surface area contributed by atoms with Gasteiger partial charge in [0.05, 0.1) is 12.0 Å². The fraction of sp³-hybridized carbons (Fsp3) is 0.222. The quantitative estimate of drug-likeness (QED) is 0.894. The second kappa shape index (κ2) is 6.54. The second-order valence-corrected chi connectivity index (χ2v) is 6.59. The molecule has 0 unspecified atom stereocenters. The van der Waals surface area contributed by atoms with Crippen LogP contribution in [0, 0.1) is 5.92 Å². The maximum absolute atomic E-state index is 12.7. The van der Waals surface area contributed by atoms with Gasteiger partial charge in [0.1, 0.15) is 0 Å². The molecule has 1 N–H and O–H groups in total. The Balaban J connectivity index is 1.84. The molecule has 3 rings (SSSR count). The summed E-state index contributed by atoms with van der Waals surface area (Å²) in [6, 6.07) is 16.9. The molecule has 0 aromatic heterocycles. The number of likely N-dealkylation sites (tertiary alicyclic amines) is 1. The second-order valence-electron chi connectivity index (χ2n) is 5.67. The van der Waals surface area contributed by atoms with Crippen LogP contribution < -0.4 is 5.32 Å². The highest BCUT2D eigenvalue weighted by molar-refractivity contribution is 9.10. The van der Waals surface area contributed by atoms with Crippen LogP contribution in [0.15, 0.2) is 59.1 Å². The Morgan fingerprint density at radius 1 is 1.17 bits per heavy atom. The molecule has 1 saturated heterocycles. The largest absolute Gasteiger partial charge is 0.338 e. The number of carbonyl (C=O) groups is 2. The first-order valence-electron chi connectivity index (χ1n) is 7.43. The predicted molar refractivity (Wildman–Crippen MR) is 92.8 cm³/mol. The Kier molecular flexibility index (Phi) is 4.48. The lowest BCUT2D eigenvalue weighted by Crippen LogP contribution is -2.30. The van der Waals surface area contributed by atoms with Gasteiger partial charge < -0.3 is 10.2 Å². The lowest BCUT2D eigenvalue weighted by Gasteiger charge is -2.25. The van der Waals surface area contributed by atoms with Gasteiger partial charge in [-0.05, 0) is 23.8 Å². The molecule has 1 aliphatic heterocycles. The topological polar surface area (TPSA) is 49.4 Å². The van der Waals surface area contributed by atoms with Crippen molar-refractivity contribution in [2.75, 3.05) is 12.4 Å². The van der Waals surface area contributed by atoms with Crippen molar-refractivity contribution in [2.45, 2.75) is 12.5 Å². The van der Waals surface area contributed by atoms with E-state index in [9.17, 15) is 9.59 Å². The first-order valence-corrected chi connectivity index (χ1v) is 8.22. The number of carbonyl (C=O) groups excluding carboxylic acids is 2. The minimum Gasteiger partial charge on any atom is -0.338 e. The van der Waals surface area contributed by atoms with Crippen molar-refractivity contribution < 1.29 is 9.59 Å². The molecule has 0 radical (unpaired) electrons. The summed E-state index contributed by atoms with van der Waals surface area (Å²) in [6.07, 6.45) is 0.232. The third-order valence-corrected chi connectivity index (χ3v) is 4.65. The fourth-order valence-corrected chi connectivity index (χ4v) is 3.41. The molecular formula is C18H17BrN2O2. The van der Waals surface area contributed by atoms with Crippen LogP contribution in [0.5, 0.6) is 0 Å². The molecular weight excluding hydrogens is 356 g/mol. The summed E-state index contributed by atoms with van der Waals surface area (Å²) in [5.74, 6) is -0.531. The van der Waals surface area contributed by atoms with Crippen LogP contribution in [-0.4, -0.2) is 23.8 Å². The molecule has 2 aromatic carbocycles. The van der Waals surface area contributed by atoms with E-state index in [2.05, 4.69) is 21.2 Å². The highest BCUT2D eigenvalue weighted by atomic mass is 79.9. The van der Waals surface area contributed by atoms with Gasteiger partial charge in [0.25, 0.3) is 0 Å². The van der Waals surface area contributed by atoms with Gasteiger partial charge in [-0.1, -0.05) is 52.3 Å². The van der Waals surface area contributed by atoms with Crippen LogP contribution in [0.3, 0.4) is 0 Å². The van der Waals surface area contributed by atoms with Crippen molar-refractivity contribution in [1.82, 2.24) is 4.90 Å². The van der Waals surface area contributed by atoms with E-state index in [1.165, 1.54) is 0 Å². The summed E-state index contributed by atoms with van der Waals surface area (Å²) in [6.45, 7) is 0. The molecule has 23 heavy (non-hydrogen) atoms. The SMILES string of the molecule is CN1C(=O)C[C@@H](C(=O)Nc2cccc(Br)c2)[C@@H]1c1ccccc1. The fourth-order valence-electron chi connectivity index (χ4n) is 3.01. The first-order chi connectivity index (χ1) is 11.1. The molecule has 1 heterocycles. The Labute approximate surface area is 143 Å². The van der Waals surface area contributed by atoms with Crippen molar-refractivity contribution in [2.24, 2.45) is 5.92 Å². The van der Waals surface area contributed by atoms with Crippen LogP contribution in [0.4, 0.5) is 5.69 Å². The van der Waals surface area contributed by atoms with Crippen LogP contribution in [0.1, 0.15) is 18.0 Å². The number of nitrogens with zero attached hydrogens (tertiary/aromatic N) is 1. The van der Waals surface area contributed by atoms with Gasteiger partial charge in [-0.25, -0.2) is 0 Å². The standard InChI is InChI=1S/C18H17BrN2O2/c1-21-16(22)11-15(17(21)12-6-3-2-4-7-12)18(23)20-14-9-5-8-13(19)10-14/h2-10,15,17H,11H2,1H3,(H,20,23)/t15-,17+/m1/s1. The van der Waals surface area contributed by atoms with E-state index < -0.39 is 5.92 Å². The minimum atomic E-state index is -0.395. The molecule has 1 fully saturated rings. The van der Waals surface area contributed by atoms with E-state index in [1.54, 1.807) is 11.9 Å². The van der Waals surface area contributed by atoms with Crippen molar-refractivity contribution >= 4 is 33.4 Å². The highest BCUT2D eigenvalue weighted by Crippen LogP contribution is 2.37. The summed E-state index contributed by atoms with van der Waals surface area (Å²) >= 11 is 3.39. The monoisotopic (exact) mass is 372 g/mol. The number of rotatable bonds is 3. The summed E-state index contributed by atoms with van der Waals surface area (Å²) in [5, 5.41) is 2.92. The third-order valence-electron chi connectivity index (χ3n) is 4.16. The lowest BCUT2D eigenvalue weighted by atomic mass is 9.93. The lowest BCUT2D eigenvalue weighted by molar-refractivity contribution is -0.127. The number of hydrogen-bond acceptors (Lipinski definition) is 2. The molecule has 0 aliphatic carbocycles. The summed E-state index contributed by atoms with van der Waals surface area (Å²) in [5.41, 5.74) is 1.70. The van der Waals surface area contributed by atoms with E-state index in [1.807, 2.05) is 54.6 Å². The van der Waals surface area contributed by atoms with Crippen LogP contribution in [-0.2, 0) is 9.59 Å². The van der Waals surface area contributed by atoms with Crippen LogP contribution in [0.25, 0.3) is 0 Å². The van der Waals surface area contributed by atoms with E-state index in [0.717, 1.165) is 15.7 Å². The van der Waals surface area contributed by atoms with E-state index in [4.69, 9.17) is 0 Å². The van der Waals surface area contributed by atoms with Crippen molar-refractivity contribution in [3.63, 3.8) is 0 Å². The van der Waals surface area contributed by atoms with Gasteiger partial charge in [0.2, 0.25) is 11.8 Å². The molecule has 4 nitrogen and oxygen atoms in total. The molecule has 2 aromatic rings. The Hall–Kier alpha value is -2.14. The maximum Gasteiger partial charge on any atom is 0.230 e. The van der Waals surface area contributed by atoms with Gasteiger partial charge in [-0.15, -0.1) is 0 Å². The van der Waals surface area contributed by atoms with Gasteiger partial charge in [-0.3, -0.25) is 9.59 Å². The van der Waals surface area contributed by atoms with E-state index >= 15 is 0 Å². The van der Waals surface area contributed by atoms with Crippen molar-refractivity contribution in [3.05, 3.63) is 64.6 Å². The van der Waals surface area contributed by atoms with Gasteiger partial charge >= 0.3 is 0 Å². The smallest absolute Gasteiger partial charge is 0.230 e. The number of anilines is 1. The zero-order valence-electron chi connectivity index (χ0n) is 12.7. The zero-order chi connectivity index (χ0) is 16.4. The minimum absolute atomic E-state index is 0.00625. The van der Waals surface area contributed by atoms with E-state index in [-0.39, 0.29) is 24.3 Å². The van der Waals surface area contributed by atoms with Crippen LogP contribution in [0.2, 0.25) is 0 Å². The number of nitrogens with one attached hydrogen (secondary N) is 1. The number of amides is 2. The average molecular weight is 373 g/mol. The average Bonchev–Trinajstić information content (AvgIpc) is 2.84. The molecule has 2 atom stereocenters. The summed E-state index contributed by atoms with van der Waals surface area (Å²) < 4.78 is 0.898. The third kappa shape index (κ3) is 3.29. The summed E-state index contributed by atoms with van der Waals surface area (Å²) in [7, 11) is 1.76. The molecule has 0 bridgehead atoms. The first kappa shape index (κ1) is 15.7. The highest BCUT2D eigenvalue weighted by Gasteiger charge is 2.42. The molecule has 0 spiro atoms. The van der Waals surface area contributed by atoms with Gasteiger partial charge in [0, 0.05) is 23.6 Å². The van der Waals surface area contributed by atoms with Crippen molar-refractivity contribution in [3.8, 4) is 0 Å². The molecule has 1 aliphatic rings. The molecule has 118 valence electrons. The van der Waals surface area contributed by atoms with Gasteiger partial charge in [0.15, 0.2) is 0 Å².